The maximum absolute atomic E-state index is 12.4. The molecule has 0 aliphatic carbocycles. The van der Waals surface area contributed by atoms with Crippen LogP contribution in [-0.4, -0.2) is 16.8 Å². The lowest BCUT2D eigenvalue weighted by atomic mass is 10.4. The molecule has 0 aliphatic heterocycles. The summed E-state index contributed by atoms with van der Waals surface area (Å²) in [5, 5.41) is -0.136. The molecule has 2 N–H and O–H groups in total. The second-order valence-corrected chi connectivity index (χ2v) is 4.11. The van der Waals surface area contributed by atoms with Gasteiger partial charge in [0, 0.05) is 12.2 Å². The molecule has 1 heterocycles. The fraction of sp³-hybridized carbons (Fsp3) is 0.200. The molecule has 1 amide bonds. The molecular formula is C10H9F3N2O2S. The van der Waals surface area contributed by atoms with E-state index in [1.54, 1.807) is 0 Å². The van der Waals surface area contributed by atoms with E-state index in [9.17, 15) is 18.0 Å². The number of carbonyl (C=O) groups excluding carboxylic acids is 1. The van der Waals surface area contributed by atoms with E-state index in [0.29, 0.717) is 0 Å². The third kappa shape index (κ3) is 4.66. The Hall–Kier alpha value is -1.70. The molecule has 0 saturated carbocycles. The van der Waals surface area contributed by atoms with Gasteiger partial charge in [0.1, 0.15) is 0 Å². The van der Waals surface area contributed by atoms with Crippen molar-refractivity contribution in [2.24, 2.45) is 10.7 Å². The minimum Gasteiger partial charge on any atom is -0.459 e. The maximum atomic E-state index is 12.4. The number of rotatable bonds is 4. The standard InChI is InChI=1S/C10H9F3N2O2S/c11-6(8(12)13)3-5-18-10(14)15-9(16)7-2-1-4-17-7/h1-2,4H,3,5H2,(H2,14,15,16). The van der Waals surface area contributed by atoms with Crippen molar-refractivity contribution in [2.45, 2.75) is 6.42 Å². The molecule has 0 atom stereocenters. The second kappa shape index (κ2) is 6.90. The van der Waals surface area contributed by atoms with Crippen LogP contribution in [0.3, 0.4) is 0 Å². The van der Waals surface area contributed by atoms with Gasteiger partial charge in [0.15, 0.2) is 16.8 Å². The number of aliphatic imine (C=N–C) groups is 1. The molecule has 8 heteroatoms. The van der Waals surface area contributed by atoms with Gasteiger partial charge >= 0.3 is 12.0 Å². The van der Waals surface area contributed by atoms with Crippen LogP contribution in [0, 0.1) is 0 Å². The van der Waals surface area contributed by atoms with Gasteiger partial charge in [-0.1, -0.05) is 11.8 Å². The fourth-order valence-corrected chi connectivity index (χ4v) is 1.57. The quantitative estimate of drug-likeness (QED) is 0.679. The molecule has 4 nitrogen and oxygen atoms in total. The lowest BCUT2D eigenvalue weighted by molar-refractivity contribution is 0.0977. The molecule has 0 unspecified atom stereocenters. The van der Waals surface area contributed by atoms with Gasteiger partial charge in [0.05, 0.1) is 6.26 Å². The highest BCUT2D eigenvalue weighted by Gasteiger charge is 2.09. The number of hydrogen-bond donors (Lipinski definition) is 1. The Morgan fingerprint density at radius 1 is 1.44 bits per heavy atom. The molecule has 1 aromatic heterocycles. The smallest absolute Gasteiger partial charge is 0.315 e. The summed E-state index contributed by atoms with van der Waals surface area (Å²) in [7, 11) is 0. The number of allylic oxidation sites excluding steroid dienone is 1. The lowest BCUT2D eigenvalue weighted by Crippen LogP contribution is -2.10. The van der Waals surface area contributed by atoms with Gasteiger partial charge in [0.25, 0.3) is 0 Å². The van der Waals surface area contributed by atoms with Crippen LogP contribution < -0.4 is 5.73 Å². The Labute approximate surface area is 105 Å². The van der Waals surface area contributed by atoms with Crippen LogP contribution in [0.15, 0.2) is 39.7 Å². The Balaban J connectivity index is 2.44. The van der Waals surface area contributed by atoms with Crippen LogP contribution in [0.4, 0.5) is 13.2 Å². The summed E-state index contributed by atoms with van der Waals surface area (Å²) < 4.78 is 40.6. The summed E-state index contributed by atoms with van der Waals surface area (Å²) in [5.41, 5.74) is 5.37. The van der Waals surface area contributed by atoms with Gasteiger partial charge in [-0.05, 0) is 12.1 Å². The lowest BCUT2D eigenvalue weighted by Gasteiger charge is -1.98. The summed E-state index contributed by atoms with van der Waals surface area (Å²) in [6.45, 7) is 0. The van der Waals surface area contributed by atoms with Gasteiger partial charge in [0.2, 0.25) is 0 Å². The SMILES string of the molecule is NC(=NC(=O)c1ccco1)SCCC(F)=C(F)F. The molecular weight excluding hydrogens is 269 g/mol. The van der Waals surface area contributed by atoms with Crippen LogP contribution >= 0.6 is 11.8 Å². The predicted molar refractivity (Wildman–Crippen MR) is 62.1 cm³/mol. The zero-order chi connectivity index (χ0) is 13.5. The van der Waals surface area contributed by atoms with Crippen molar-refractivity contribution < 1.29 is 22.4 Å². The van der Waals surface area contributed by atoms with Gasteiger partial charge in [-0.15, -0.1) is 0 Å². The number of nitrogens with two attached hydrogens (primary N) is 1. The first-order valence-electron chi connectivity index (χ1n) is 4.75. The van der Waals surface area contributed by atoms with Crippen LogP contribution in [-0.2, 0) is 0 Å². The molecule has 0 saturated heterocycles. The molecule has 0 radical (unpaired) electrons. The normalized spacial score (nSPS) is 11.4. The number of thioether (sulfide) groups is 1. The summed E-state index contributed by atoms with van der Waals surface area (Å²) in [6.07, 6.45) is -1.52. The zero-order valence-electron chi connectivity index (χ0n) is 9.03. The molecule has 0 spiro atoms. The van der Waals surface area contributed by atoms with Crippen molar-refractivity contribution in [3.05, 3.63) is 36.1 Å². The average molecular weight is 278 g/mol. The van der Waals surface area contributed by atoms with Crippen molar-refractivity contribution in [1.82, 2.24) is 0 Å². The summed E-state index contributed by atoms with van der Waals surface area (Å²) in [6, 6.07) is 2.92. The molecule has 0 aliphatic rings. The van der Waals surface area contributed by atoms with Gasteiger partial charge in [-0.2, -0.15) is 13.8 Å². The van der Waals surface area contributed by atoms with E-state index in [0.717, 1.165) is 11.8 Å². The monoisotopic (exact) mass is 278 g/mol. The largest absolute Gasteiger partial charge is 0.459 e. The van der Waals surface area contributed by atoms with Gasteiger partial charge < -0.3 is 10.2 Å². The highest BCUT2D eigenvalue weighted by atomic mass is 32.2. The second-order valence-electron chi connectivity index (χ2n) is 3.00. The van der Waals surface area contributed by atoms with Crippen molar-refractivity contribution in [3.8, 4) is 0 Å². The van der Waals surface area contributed by atoms with E-state index in [4.69, 9.17) is 10.2 Å². The molecule has 0 aromatic carbocycles. The number of halogens is 3. The van der Waals surface area contributed by atoms with E-state index in [-0.39, 0.29) is 16.7 Å². The first-order chi connectivity index (χ1) is 8.50. The minimum atomic E-state index is -2.35. The van der Waals surface area contributed by atoms with E-state index in [1.807, 2.05) is 0 Å². The van der Waals surface area contributed by atoms with E-state index < -0.39 is 24.2 Å². The minimum absolute atomic E-state index is 0.0134. The van der Waals surface area contributed by atoms with Gasteiger partial charge in [-0.25, -0.2) is 4.39 Å². The van der Waals surface area contributed by atoms with Crippen LogP contribution in [0.2, 0.25) is 0 Å². The highest BCUT2D eigenvalue weighted by molar-refractivity contribution is 8.13. The zero-order valence-corrected chi connectivity index (χ0v) is 9.85. The topological polar surface area (TPSA) is 68.6 Å². The summed E-state index contributed by atoms with van der Waals surface area (Å²) >= 11 is 0.806. The Morgan fingerprint density at radius 3 is 2.72 bits per heavy atom. The third-order valence-corrected chi connectivity index (χ3v) is 2.52. The van der Waals surface area contributed by atoms with Crippen molar-refractivity contribution >= 4 is 22.8 Å². The number of furan rings is 1. The highest BCUT2D eigenvalue weighted by Crippen LogP contribution is 2.16. The van der Waals surface area contributed by atoms with Crippen LogP contribution in [0.5, 0.6) is 0 Å². The maximum Gasteiger partial charge on any atom is 0.315 e. The van der Waals surface area contributed by atoms with E-state index in [1.165, 1.54) is 18.4 Å². The number of hydrogen-bond acceptors (Lipinski definition) is 3. The van der Waals surface area contributed by atoms with E-state index >= 15 is 0 Å². The molecule has 98 valence electrons. The molecule has 18 heavy (non-hydrogen) atoms. The molecule has 0 fully saturated rings. The van der Waals surface area contributed by atoms with Crippen molar-refractivity contribution in [3.63, 3.8) is 0 Å². The third-order valence-electron chi connectivity index (χ3n) is 1.72. The fourth-order valence-electron chi connectivity index (χ4n) is 0.927. The first-order valence-corrected chi connectivity index (χ1v) is 5.73. The molecule has 0 bridgehead atoms. The number of amidine groups is 1. The van der Waals surface area contributed by atoms with Crippen molar-refractivity contribution in [1.29, 1.82) is 0 Å². The summed E-state index contributed by atoms with van der Waals surface area (Å²) in [4.78, 5) is 14.8. The number of carbonyl (C=O) groups is 1. The average Bonchev–Trinajstić information content (AvgIpc) is 2.81. The summed E-state index contributed by atoms with van der Waals surface area (Å²) in [5.74, 6) is -2.20. The predicted octanol–water partition coefficient (Wildman–Crippen LogP) is 2.94. The van der Waals surface area contributed by atoms with Crippen LogP contribution in [0.1, 0.15) is 17.0 Å². The molecule has 1 rings (SSSR count). The number of amides is 1. The van der Waals surface area contributed by atoms with Crippen LogP contribution in [0.25, 0.3) is 0 Å². The Kier molecular flexibility index (Phi) is 5.50. The van der Waals surface area contributed by atoms with Gasteiger partial charge in [-0.3, -0.25) is 4.79 Å². The Morgan fingerprint density at radius 2 is 2.17 bits per heavy atom. The number of nitrogens with zero attached hydrogens (tertiary/aromatic N) is 1. The Bertz CT molecular complexity index is 467. The molecule has 1 aromatic rings. The van der Waals surface area contributed by atoms with E-state index in [2.05, 4.69) is 4.99 Å². The van der Waals surface area contributed by atoms with Crippen molar-refractivity contribution in [2.75, 3.05) is 5.75 Å². The first kappa shape index (κ1) is 14.4.